The van der Waals surface area contributed by atoms with Crippen LogP contribution < -0.4 is 5.32 Å². The van der Waals surface area contributed by atoms with Crippen molar-refractivity contribution in [1.82, 2.24) is 0 Å². The van der Waals surface area contributed by atoms with E-state index in [-0.39, 0.29) is 18.0 Å². The Labute approximate surface area is 136 Å². The highest BCUT2D eigenvalue weighted by Crippen LogP contribution is 2.22. The third-order valence-electron chi connectivity index (χ3n) is 2.61. The molecule has 110 valence electrons. The van der Waals surface area contributed by atoms with Crippen LogP contribution in [0.5, 0.6) is 0 Å². The summed E-state index contributed by atoms with van der Waals surface area (Å²) < 4.78 is 13.5. The van der Waals surface area contributed by atoms with Crippen molar-refractivity contribution in [1.29, 1.82) is 0 Å². The second-order valence-corrected chi connectivity index (χ2v) is 6.27. The van der Waals surface area contributed by atoms with Crippen LogP contribution in [0.1, 0.15) is 6.42 Å². The van der Waals surface area contributed by atoms with Crippen molar-refractivity contribution in [2.24, 2.45) is 0 Å². The van der Waals surface area contributed by atoms with Crippen molar-refractivity contribution >= 4 is 46.6 Å². The van der Waals surface area contributed by atoms with E-state index in [1.54, 1.807) is 12.1 Å². The van der Waals surface area contributed by atoms with Gasteiger partial charge in [0.1, 0.15) is 5.82 Å². The topological polar surface area (TPSA) is 29.1 Å². The average Bonchev–Trinajstić information content (AvgIpc) is 2.45. The first-order chi connectivity index (χ1) is 10.0. The van der Waals surface area contributed by atoms with Crippen molar-refractivity contribution in [3.63, 3.8) is 0 Å². The van der Waals surface area contributed by atoms with Crippen molar-refractivity contribution < 1.29 is 9.18 Å². The minimum atomic E-state index is -0.502. The molecule has 2 aromatic carbocycles. The quantitative estimate of drug-likeness (QED) is 0.750. The number of halogens is 3. The van der Waals surface area contributed by atoms with Crippen LogP contribution in [0.2, 0.25) is 10.0 Å². The zero-order valence-electron chi connectivity index (χ0n) is 10.9. The standard InChI is InChI=1S/C15H12Cl2FNOS/c16-10-1-4-12(5-2-10)21-8-7-15(20)19-14-9-11(17)3-6-13(14)18/h1-6,9H,7-8H2,(H,19,20). The van der Waals surface area contributed by atoms with Crippen molar-refractivity contribution in [2.75, 3.05) is 11.1 Å². The lowest BCUT2D eigenvalue weighted by molar-refractivity contribution is -0.115. The maximum atomic E-state index is 13.5. The molecule has 1 amide bonds. The maximum absolute atomic E-state index is 13.5. The van der Waals surface area contributed by atoms with Crippen LogP contribution in [0.15, 0.2) is 47.4 Å². The number of hydrogen-bond donors (Lipinski definition) is 1. The molecule has 0 aromatic heterocycles. The SMILES string of the molecule is O=C(CCSc1ccc(Cl)cc1)Nc1cc(Cl)ccc1F. The van der Waals surface area contributed by atoms with Gasteiger partial charge in [-0.15, -0.1) is 11.8 Å². The Balaban J connectivity index is 1.82. The molecule has 0 spiro atoms. The fourth-order valence-electron chi connectivity index (χ4n) is 1.60. The average molecular weight is 344 g/mol. The first-order valence-electron chi connectivity index (χ1n) is 6.18. The van der Waals surface area contributed by atoms with E-state index >= 15 is 0 Å². The van der Waals surface area contributed by atoms with Crippen LogP contribution >= 0.6 is 35.0 Å². The number of anilines is 1. The Morgan fingerprint density at radius 3 is 2.48 bits per heavy atom. The molecular formula is C15H12Cl2FNOS. The van der Waals surface area contributed by atoms with Crippen molar-refractivity contribution in [2.45, 2.75) is 11.3 Å². The summed E-state index contributed by atoms with van der Waals surface area (Å²) in [7, 11) is 0. The second kappa shape index (κ2) is 7.69. The van der Waals surface area contributed by atoms with E-state index < -0.39 is 5.82 Å². The van der Waals surface area contributed by atoms with Gasteiger partial charge in [0.05, 0.1) is 5.69 Å². The zero-order valence-corrected chi connectivity index (χ0v) is 13.2. The number of thioether (sulfide) groups is 1. The summed E-state index contributed by atoms with van der Waals surface area (Å²) in [6.45, 7) is 0. The zero-order chi connectivity index (χ0) is 15.2. The van der Waals surface area contributed by atoms with E-state index in [2.05, 4.69) is 5.32 Å². The number of nitrogens with one attached hydrogen (secondary N) is 1. The Morgan fingerprint density at radius 2 is 1.76 bits per heavy atom. The van der Waals surface area contributed by atoms with Crippen LogP contribution in [0.4, 0.5) is 10.1 Å². The van der Waals surface area contributed by atoms with Gasteiger partial charge in [0.15, 0.2) is 0 Å². The van der Waals surface area contributed by atoms with Crippen LogP contribution in [-0.4, -0.2) is 11.7 Å². The van der Waals surface area contributed by atoms with Gasteiger partial charge in [-0.05, 0) is 42.5 Å². The molecule has 2 rings (SSSR count). The lowest BCUT2D eigenvalue weighted by Gasteiger charge is -2.07. The van der Waals surface area contributed by atoms with Crippen LogP contribution in [0, 0.1) is 5.82 Å². The van der Waals surface area contributed by atoms with E-state index in [0.29, 0.717) is 15.8 Å². The normalized spacial score (nSPS) is 10.4. The molecular weight excluding hydrogens is 332 g/mol. The predicted octanol–water partition coefficient (Wildman–Crippen LogP) is 5.25. The highest BCUT2D eigenvalue weighted by Gasteiger charge is 2.08. The molecule has 0 aliphatic carbocycles. The van der Waals surface area contributed by atoms with Crippen LogP contribution in [-0.2, 0) is 4.79 Å². The van der Waals surface area contributed by atoms with Gasteiger partial charge in [-0.3, -0.25) is 4.79 Å². The van der Waals surface area contributed by atoms with Gasteiger partial charge in [-0.25, -0.2) is 4.39 Å². The molecule has 1 N–H and O–H groups in total. The molecule has 0 atom stereocenters. The lowest BCUT2D eigenvalue weighted by atomic mass is 10.3. The minimum Gasteiger partial charge on any atom is -0.324 e. The Bertz CT molecular complexity index is 634. The largest absolute Gasteiger partial charge is 0.324 e. The molecule has 0 saturated carbocycles. The van der Waals surface area contributed by atoms with Gasteiger partial charge in [-0.2, -0.15) is 0 Å². The predicted molar refractivity (Wildman–Crippen MR) is 86.8 cm³/mol. The summed E-state index contributed by atoms with van der Waals surface area (Å²) in [4.78, 5) is 12.8. The molecule has 0 aliphatic rings. The number of amides is 1. The maximum Gasteiger partial charge on any atom is 0.225 e. The monoisotopic (exact) mass is 343 g/mol. The lowest BCUT2D eigenvalue weighted by Crippen LogP contribution is -2.13. The van der Waals surface area contributed by atoms with E-state index in [1.165, 1.54) is 30.0 Å². The first-order valence-corrected chi connectivity index (χ1v) is 7.92. The van der Waals surface area contributed by atoms with Gasteiger partial charge in [0.25, 0.3) is 0 Å². The molecule has 0 aliphatic heterocycles. The highest BCUT2D eigenvalue weighted by molar-refractivity contribution is 7.99. The third-order valence-corrected chi connectivity index (χ3v) is 4.11. The van der Waals surface area contributed by atoms with Gasteiger partial charge in [0, 0.05) is 27.1 Å². The van der Waals surface area contributed by atoms with Crippen LogP contribution in [0.3, 0.4) is 0 Å². The summed E-state index contributed by atoms with van der Waals surface area (Å²) in [6.07, 6.45) is 0.277. The van der Waals surface area contributed by atoms with E-state index in [0.717, 1.165) is 4.90 Å². The van der Waals surface area contributed by atoms with E-state index in [4.69, 9.17) is 23.2 Å². The first kappa shape index (κ1) is 16.1. The molecule has 0 saturated heterocycles. The Hall–Kier alpha value is -1.23. The molecule has 0 radical (unpaired) electrons. The van der Waals surface area contributed by atoms with Gasteiger partial charge in [-0.1, -0.05) is 23.2 Å². The number of carbonyl (C=O) groups is 1. The van der Waals surface area contributed by atoms with Crippen molar-refractivity contribution in [3.8, 4) is 0 Å². The number of hydrogen-bond acceptors (Lipinski definition) is 2. The number of rotatable bonds is 5. The molecule has 2 nitrogen and oxygen atoms in total. The molecule has 2 aromatic rings. The summed E-state index contributed by atoms with van der Waals surface area (Å²) in [6, 6.07) is 11.4. The molecule has 0 fully saturated rings. The fraction of sp³-hybridized carbons (Fsp3) is 0.133. The highest BCUT2D eigenvalue weighted by atomic mass is 35.5. The summed E-state index contributed by atoms with van der Waals surface area (Å²) in [5.41, 5.74) is 0.101. The Morgan fingerprint density at radius 1 is 1.10 bits per heavy atom. The van der Waals surface area contributed by atoms with Gasteiger partial charge >= 0.3 is 0 Å². The van der Waals surface area contributed by atoms with Gasteiger partial charge in [0.2, 0.25) is 5.91 Å². The van der Waals surface area contributed by atoms with E-state index in [9.17, 15) is 9.18 Å². The number of benzene rings is 2. The fourth-order valence-corrected chi connectivity index (χ4v) is 2.75. The summed E-state index contributed by atoms with van der Waals surface area (Å²) in [5, 5.41) is 3.57. The smallest absolute Gasteiger partial charge is 0.225 e. The number of carbonyl (C=O) groups excluding carboxylic acids is 1. The Kier molecular flexibility index (Phi) is 5.91. The summed E-state index contributed by atoms with van der Waals surface area (Å²) >= 11 is 13.1. The molecule has 6 heteroatoms. The molecule has 0 heterocycles. The minimum absolute atomic E-state index is 0.101. The van der Waals surface area contributed by atoms with Crippen molar-refractivity contribution in [3.05, 3.63) is 58.3 Å². The van der Waals surface area contributed by atoms with Crippen LogP contribution in [0.25, 0.3) is 0 Å². The van der Waals surface area contributed by atoms with Gasteiger partial charge < -0.3 is 5.32 Å². The molecule has 0 bridgehead atoms. The van der Waals surface area contributed by atoms with E-state index in [1.807, 2.05) is 12.1 Å². The summed E-state index contributed by atoms with van der Waals surface area (Å²) in [5.74, 6) is -0.161. The molecule has 21 heavy (non-hydrogen) atoms. The second-order valence-electron chi connectivity index (χ2n) is 4.22. The molecule has 0 unspecified atom stereocenters. The third kappa shape index (κ3) is 5.23.